The average Bonchev–Trinajstić information content (AvgIpc) is 2.42. The van der Waals surface area contributed by atoms with E-state index >= 15 is 0 Å². The molecule has 0 aromatic heterocycles. The standard InChI is InChI=1S/C9H13NO.3CO.Fe/c1-3-11-9(2)7-5-4-6-8-10;3*1-2;/h4-7,9H,3H2,1-2H3;;;;/t9-;;;;/m1..../s1. The van der Waals surface area contributed by atoms with E-state index in [0.29, 0.717) is 6.61 Å². The maximum atomic E-state index is 8.13. The van der Waals surface area contributed by atoms with E-state index in [9.17, 15) is 0 Å². The molecule has 0 N–H and O–H groups in total. The van der Waals surface area contributed by atoms with Gasteiger partial charge in [-0.2, -0.15) is 5.26 Å². The van der Waals surface area contributed by atoms with Crippen molar-refractivity contribution in [2.24, 2.45) is 0 Å². The van der Waals surface area contributed by atoms with Crippen molar-refractivity contribution in [3.8, 4) is 6.07 Å². The summed E-state index contributed by atoms with van der Waals surface area (Å²) in [4.78, 5) is 0. The van der Waals surface area contributed by atoms with Crippen LogP contribution in [0.3, 0.4) is 0 Å². The van der Waals surface area contributed by atoms with Gasteiger partial charge in [0, 0.05) is 23.7 Å². The fourth-order valence-corrected chi connectivity index (χ4v) is 0.638. The summed E-state index contributed by atoms with van der Waals surface area (Å²) in [6, 6.07) is 1.90. The van der Waals surface area contributed by atoms with E-state index in [4.69, 9.17) is 24.0 Å². The molecule has 0 aliphatic carbocycles. The summed E-state index contributed by atoms with van der Waals surface area (Å²) in [7, 11) is 0. The molecule has 4 radical (unpaired) electrons. The SMILES string of the molecule is CCO[C@H](C)[CH][CH][CH][CH]C#N.[C-]#[O+].[C-]#[O+].[C-]#[O+].[Fe]. The van der Waals surface area contributed by atoms with Crippen LogP contribution in [0, 0.1) is 57.0 Å². The third-order valence-corrected chi connectivity index (χ3v) is 1.09. The summed E-state index contributed by atoms with van der Waals surface area (Å²) in [6.45, 7) is 18.1. The molecule has 5 nitrogen and oxygen atoms in total. The maximum absolute atomic E-state index is 8.13. The number of nitriles is 1. The van der Waals surface area contributed by atoms with Gasteiger partial charge in [-0.15, -0.1) is 0 Å². The summed E-state index contributed by atoms with van der Waals surface area (Å²) >= 11 is 0. The van der Waals surface area contributed by atoms with Gasteiger partial charge in [0.05, 0.1) is 18.6 Å². The fraction of sp³-hybridized carbons (Fsp3) is 0.333. The monoisotopic (exact) mass is 291 g/mol. The van der Waals surface area contributed by atoms with Crippen LogP contribution in [0.25, 0.3) is 0 Å². The molecule has 0 unspecified atom stereocenters. The number of ether oxygens (including phenoxy) is 1. The molecule has 18 heavy (non-hydrogen) atoms. The van der Waals surface area contributed by atoms with Crippen molar-refractivity contribution < 1.29 is 35.8 Å². The Hall–Kier alpha value is -0.811. The van der Waals surface area contributed by atoms with Gasteiger partial charge >= 0.3 is 33.9 Å². The number of rotatable bonds is 6. The smallest absolute Gasteiger partial charge is 0 e. The van der Waals surface area contributed by atoms with Crippen LogP contribution < -0.4 is 0 Å². The number of unbranched alkanes of at least 4 members (excludes halogenated alkanes) is 2. The first-order chi connectivity index (χ1) is 8.31. The van der Waals surface area contributed by atoms with Crippen LogP contribution in [0.2, 0.25) is 0 Å². The summed E-state index contributed by atoms with van der Waals surface area (Å²) in [5.74, 6) is 0. The second-order valence-corrected chi connectivity index (χ2v) is 2.03. The van der Waals surface area contributed by atoms with Crippen LogP contribution in [-0.4, -0.2) is 12.7 Å². The normalized spacial score (nSPS) is 7.94. The molecule has 0 bridgehead atoms. The van der Waals surface area contributed by atoms with Gasteiger partial charge in [-0.1, -0.05) is 0 Å². The average molecular weight is 291 g/mol. The van der Waals surface area contributed by atoms with Gasteiger partial charge in [0.15, 0.2) is 0 Å². The van der Waals surface area contributed by atoms with E-state index in [1.165, 1.54) is 6.42 Å². The van der Waals surface area contributed by atoms with Gasteiger partial charge in [-0.05, 0) is 33.1 Å². The molecule has 0 aromatic rings. The van der Waals surface area contributed by atoms with E-state index in [2.05, 4.69) is 20.0 Å². The van der Waals surface area contributed by atoms with Crippen molar-refractivity contribution in [3.05, 3.63) is 45.6 Å². The maximum Gasteiger partial charge on any atom is 0 e. The van der Waals surface area contributed by atoms with Gasteiger partial charge in [0.2, 0.25) is 0 Å². The van der Waals surface area contributed by atoms with E-state index in [0.717, 1.165) is 0 Å². The van der Waals surface area contributed by atoms with Crippen LogP contribution in [0.1, 0.15) is 13.8 Å². The molecule has 0 amide bonds. The van der Waals surface area contributed by atoms with Crippen molar-refractivity contribution in [2.45, 2.75) is 20.0 Å². The van der Waals surface area contributed by atoms with Crippen LogP contribution in [0.5, 0.6) is 0 Å². The molecule has 0 aromatic carbocycles. The Kier molecular flexibility index (Phi) is 74.5. The Bertz CT molecular complexity index is 206. The summed E-state index contributed by atoms with van der Waals surface area (Å²) < 4.78 is 27.7. The first kappa shape index (κ1) is 30.3. The molecule has 6 heteroatoms. The Morgan fingerprint density at radius 2 is 1.61 bits per heavy atom. The van der Waals surface area contributed by atoms with Crippen LogP contribution in [0.4, 0.5) is 0 Å². The van der Waals surface area contributed by atoms with Gasteiger partial charge in [-0.25, -0.2) is 0 Å². The summed E-state index contributed by atoms with van der Waals surface area (Å²) in [5, 5.41) is 8.13. The van der Waals surface area contributed by atoms with Crippen LogP contribution in [-0.2, 0) is 35.8 Å². The summed E-state index contributed by atoms with van der Waals surface area (Å²) in [5.41, 5.74) is 0. The minimum absolute atomic E-state index is 0. The van der Waals surface area contributed by atoms with Gasteiger partial charge < -0.3 is 4.74 Å². The second kappa shape index (κ2) is 44.2. The largest absolute Gasteiger partial charge is 0 e. The third kappa shape index (κ3) is 45.6. The van der Waals surface area contributed by atoms with Crippen molar-refractivity contribution in [1.29, 1.82) is 5.26 Å². The van der Waals surface area contributed by atoms with Gasteiger partial charge in [0.25, 0.3) is 0 Å². The van der Waals surface area contributed by atoms with Crippen molar-refractivity contribution >= 4 is 0 Å². The molecule has 1 atom stereocenters. The second-order valence-electron chi connectivity index (χ2n) is 2.03. The van der Waals surface area contributed by atoms with Gasteiger partial charge in [-0.3, -0.25) is 0 Å². The number of hydrogen-bond acceptors (Lipinski definition) is 2. The van der Waals surface area contributed by atoms with E-state index < -0.39 is 0 Å². The molecule has 0 spiro atoms. The third-order valence-electron chi connectivity index (χ3n) is 1.09. The zero-order chi connectivity index (χ0) is 14.5. The zero-order valence-corrected chi connectivity index (χ0v) is 11.1. The first-order valence-corrected chi connectivity index (χ1v) is 4.27. The fourth-order valence-electron chi connectivity index (χ4n) is 0.638. The molecule has 0 aliphatic heterocycles. The topological polar surface area (TPSA) is 92.7 Å². The summed E-state index contributed by atoms with van der Waals surface area (Å²) in [6.07, 6.45) is 6.95. The quantitative estimate of drug-likeness (QED) is 0.322. The van der Waals surface area contributed by atoms with Crippen molar-refractivity contribution in [1.82, 2.24) is 0 Å². The molecule has 98 valence electrons. The predicted molar refractivity (Wildman–Crippen MR) is 55.7 cm³/mol. The molecule has 0 aliphatic rings. The Balaban J connectivity index is -0.0000000700. The van der Waals surface area contributed by atoms with Crippen LogP contribution in [0.15, 0.2) is 0 Å². The minimum atomic E-state index is 0. The molecule has 0 saturated carbocycles. The van der Waals surface area contributed by atoms with Crippen LogP contribution >= 0.6 is 0 Å². The van der Waals surface area contributed by atoms with Crippen molar-refractivity contribution in [2.75, 3.05) is 6.61 Å². The molecular formula is C12H13FeNO4. The molecular weight excluding hydrogens is 278 g/mol. The molecule has 0 saturated heterocycles. The van der Waals surface area contributed by atoms with Crippen molar-refractivity contribution in [3.63, 3.8) is 0 Å². The van der Waals surface area contributed by atoms with E-state index in [-0.39, 0.29) is 23.2 Å². The van der Waals surface area contributed by atoms with E-state index in [1.54, 1.807) is 6.42 Å². The number of nitrogens with zero attached hydrogens (tertiary/aromatic N) is 1. The predicted octanol–water partition coefficient (Wildman–Crippen LogP) is 1.64. The first-order valence-electron chi connectivity index (χ1n) is 4.27. The number of hydrogen-bond donors (Lipinski definition) is 0. The zero-order valence-electron chi connectivity index (χ0n) is 10.0. The molecule has 0 fully saturated rings. The minimum Gasteiger partial charge on any atom is 0 e. The Labute approximate surface area is 120 Å². The van der Waals surface area contributed by atoms with Gasteiger partial charge in [0.1, 0.15) is 0 Å². The Morgan fingerprint density at radius 1 is 1.17 bits per heavy atom. The Morgan fingerprint density at radius 3 is 1.94 bits per heavy atom. The molecule has 0 heterocycles. The molecule has 0 rings (SSSR count). The van der Waals surface area contributed by atoms with E-state index in [1.807, 2.05) is 32.8 Å².